The van der Waals surface area contributed by atoms with E-state index in [9.17, 15) is 9.59 Å². The lowest BCUT2D eigenvalue weighted by atomic mass is 10.2. The van der Waals surface area contributed by atoms with Crippen molar-refractivity contribution in [3.8, 4) is 0 Å². The van der Waals surface area contributed by atoms with Gasteiger partial charge in [0.05, 0.1) is 6.10 Å². The van der Waals surface area contributed by atoms with E-state index in [0.29, 0.717) is 0 Å². The molecule has 0 aliphatic rings. The number of amides is 1. The minimum Gasteiger partial charge on any atom is -0.480 e. The first-order valence-corrected chi connectivity index (χ1v) is 3.94. The van der Waals surface area contributed by atoms with Crippen LogP contribution in [0.5, 0.6) is 0 Å². The van der Waals surface area contributed by atoms with Crippen molar-refractivity contribution >= 4 is 12.1 Å². The van der Waals surface area contributed by atoms with Crippen molar-refractivity contribution in [1.82, 2.24) is 5.32 Å². The molecule has 6 heteroatoms. The standard InChI is InChI=1S/C8H13NO5/c1-3-4-14-8(13)9-6(5(2)10)7(11)12/h3,5-6,10H,1,4H2,2H3,(H,9,13)(H,11,12)/t5-,6+/m1/s1. The summed E-state index contributed by atoms with van der Waals surface area (Å²) in [6.07, 6.45) is -0.750. The first-order chi connectivity index (χ1) is 6.49. The predicted octanol–water partition coefficient (Wildman–Crippen LogP) is -0.267. The van der Waals surface area contributed by atoms with Gasteiger partial charge in [-0.2, -0.15) is 0 Å². The molecule has 0 radical (unpaired) electrons. The summed E-state index contributed by atoms with van der Waals surface area (Å²) in [7, 11) is 0. The highest BCUT2D eigenvalue weighted by Crippen LogP contribution is 1.93. The number of carboxylic acid groups (broad SMARTS) is 1. The maximum Gasteiger partial charge on any atom is 0.408 e. The SMILES string of the molecule is C=CCOC(=O)N[C@H](C(=O)O)[C@@H](C)O. The van der Waals surface area contributed by atoms with Crippen LogP contribution in [0.3, 0.4) is 0 Å². The highest BCUT2D eigenvalue weighted by molar-refractivity contribution is 5.80. The maximum atomic E-state index is 10.9. The second-order valence-corrected chi connectivity index (χ2v) is 2.59. The Morgan fingerprint density at radius 2 is 2.21 bits per heavy atom. The topological polar surface area (TPSA) is 95.9 Å². The summed E-state index contributed by atoms with van der Waals surface area (Å²) in [5.74, 6) is -1.32. The molecule has 2 atom stereocenters. The number of hydrogen-bond donors (Lipinski definition) is 3. The van der Waals surface area contributed by atoms with Gasteiger partial charge in [0.1, 0.15) is 6.61 Å². The third-order valence-corrected chi connectivity index (χ3v) is 1.35. The monoisotopic (exact) mass is 203 g/mol. The van der Waals surface area contributed by atoms with Gasteiger partial charge in [-0.25, -0.2) is 9.59 Å². The van der Waals surface area contributed by atoms with Gasteiger partial charge in [0.25, 0.3) is 0 Å². The molecule has 0 aromatic carbocycles. The van der Waals surface area contributed by atoms with Crippen LogP contribution in [0.1, 0.15) is 6.92 Å². The zero-order chi connectivity index (χ0) is 11.1. The fraction of sp³-hybridized carbons (Fsp3) is 0.500. The average molecular weight is 203 g/mol. The van der Waals surface area contributed by atoms with Gasteiger partial charge in [0.2, 0.25) is 0 Å². The Bertz CT molecular complexity index is 226. The van der Waals surface area contributed by atoms with E-state index < -0.39 is 24.2 Å². The summed E-state index contributed by atoms with van der Waals surface area (Å²) in [5.41, 5.74) is 0. The van der Waals surface area contributed by atoms with Crippen LogP contribution in [-0.4, -0.2) is 41.0 Å². The molecule has 0 bridgehead atoms. The first-order valence-electron chi connectivity index (χ1n) is 3.94. The fourth-order valence-electron chi connectivity index (χ4n) is 0.692. The Morgan fingerprint density at radius 3 is 2.57 bits per heavy atom. The molecule has 0 fully saturated rings. The number of aliphatic hydroxyl groups is 1. The van der Waals surface area contributed by atoms with Crippen LogP contribution >= 0.6 is 0 Å². The van der Waals surface area contributed by atoms with Crippen molar-refractivity contribution in [3.63, 3.8) is 0 Å². The van der Waals surface area contributed by atoms with E-state index in [-0.39, 0.29) is 6.61 Å². The van der Waals surface area contributed by atoms with Crippen molar-refractivity contribution in [2.75, 3.05) is 6.61 Å². The van der Waals surface area contributed by atoms with E-state index >= 15 is 0 Å². The highest BCUT2D eigenvalue weighted by Gasteiger charge is 2.25. The molecule has 0 aliphatic heterocycles. The number of carbonyl (C=O) groups excluding carboxylic acids is 1. The molecule has 3 N–H and O–H groups in total. The quantitative estimate of drug-likeness (QED) is 0.534. The third kappa shape index (κ3) is 4.46. The Kier molecular flexibility index (Phi) is 5.31. The molecule has 6 nitrogen and oxygen atoms in total. The molecule has 0 unspecified atom stereocenters. The number of ether oxygens (including phenoxy) is 1. The lowest BCUT2D eigenvalue weighted by Crippen LogP contribution is -2.47. The van der Waals surface area contributed by atoms with E-state index in [0.717, 1.165) is 0 Å². The molecular weight excluding hydrogens is 190 g/mol. The predicted molar refractivity (Wildman–Crippen MR) is 47.8 cm³/mol. The Labute approximate surface area is 81.2 Å². The van der Waals surface area contributed by atoms with Crippen molar-refractivity contribution in [3.05, 3.63) is 12.7 Å². The van der Waals surface area contributed by atoms with E-state index in [4.69, 9.17) is 10.2 Å². The number of rotatable bonds is 5. The summed E-state index contributed by atoms with van der Waals surface area (Å²) >= 11 is 0. The van der Waals surface area contributed by atoms with Crippen molar-refractivity contribution in [2.45, 2.75) is 19.1 Å². The van der Waals surface area contributed by atoms with Gasteiger partial charge in [-0.15, -0.1) is 0 Å². The molecule has 0 saturated heterocycles. The van der Waals surface area contributed by atoms with Crippen LogP contribution in [0.25, 0.3) is 0 Å². The zero-order valence-electron chi connectivity index (χ0n) is 7.77. The smallest absolute Gasteiger partial charge is 0.408 e. The van der Waals surface area contributed by atoms with Crippen molar-refractivity contribution in [1.29, 1.82) is 0 Å². The average Bonchev–Trinajstić information content (AvgIpc) is 2.09. The van der Waals surface area contributed by atoms with E-state index in [1.807, 2.05) is 5.32 Å². The van der Waals surface area contributed by atoms with Crippen molar-refractivity contribution < 1.29 is 24.5 Å². The number of hydrogen-bond acceptors (Lipinski definition) is 4. The van der Waals surface area contributed by atoms with Crippen LogP contribution in [0.15, 0.2) is 12.7 Å². The summed E-state index contributed by atoms with van der Waals surface area (Å²) in [5, 5.41) is 19.5. The van der Waals surface area contributed by atoms with Gasteiger partial charge >= 0.3 is 12.1 Å². The number of aliphatic hydroxyl groups excluding tert-OH is 1. The highest BCUT2D eigenvalue weighted by atomic mass is 16.5. The van der Waals surface area contributed by atoms with Gasteiger partial charge in [-0.1, -0.05) is 12.7 Å². The molecule has 0 rings (SSSR count). The van der Waals surface area contributed by atoms with Gasteiger partial charge in [-0.05, 0) is 6.92 Å². The van der Waals surface area contributed by atoms with E-state index in [2.05, 4.69) is 11.3 Å². The first kappa shape index (κ1) is 12.4. The molecule has 0 spiro atoms. The molecule has 1 amide bonds. The molecule has 0 heterocycles. The van der Waals surface area contributed by atoms with Gasteiger partial charge in [-0.3, -0.25) is 0 Å². The normalized spacial score (nSPS) is 13.9. The maximum absolute atomic E-state index is 10.9. The second-order valence-electron chi connectivity index (χ2n) is 2.59. The van der Waals surface area contributed by atoms with E-state index in [1.54, 1.807) is 0 Å². The lowest BCUT2D eigenvalue weighted by Gasteiger charge is -2.16. The Hall–Kier alpha value is -1.56. The van der Waals surface area contributed by atoms with Crippen LogP contribution in [0, 0.1) is 0 Å². The summed E-state index contributed by atoms with van der Waals surface area (Å²) < 4.78 is 4.48. The number of aliphatic carboxylic acids is 1. The molecule has 80 valence electrons. The van der Waals surface area contributed by atoms with Gasteiger partial charge in [0.15, 0.2) is 6.04 Å². The zero-order valence-corrected chi connectivity index (χ0v) is 7.77. The Morgan fingerprint density at radius 1 is 1.64 bits per heavy atom. The number of nitrogens with one attached hydrogen (secondary N) is 1. The van der Waals surface area contributed by atoms with Crippen LogP contribution in [0.2, 0.25) is 0 Å². The Balaban J connectivity index is 4.09. The lowest BCUT2D eigenvalue weighted by molar-refractivity contribution is -0.141. The molecule has 0 aromatic heterocycles. The molecule has 0 saturated carbocycles. The number of carboxylic acids is 1. The minimum absolute atomic E-state index is 0.0159. The number of alkyl carbamates (subject to hydrolysis) is 1. The van der Waals surface area contributed by atoms with Crippen LogP contribution < -0.4 is 5.32 Å². The van der Waals surface area contributed by atoms with Gasteiger partial charge < -0.3 is 20.3 Å². The second kappa shape index (κ2) is 5.98. The third-order valence-electron chi connectivity index (χ3n) is 1.35. The molecule has 0 aromatic rings. The summed E-state index contributed by atoms with van der Waals surface area (Å²) in [6.45, 7) is 4.55. The van der Waals surface area contributed by atoms with Crippen molar-refractivity contribution in [2.24, 2.45) is 0 Å². The largest absolute Gasteiger partial charge is 0.480 e. The molecular formula is C8H13NO5. The van der Waals surface area contributed by atoms with Gasteiger partial charge in [0, 0.05) is 0 Å². The fourth-order valence-corrected chi connectivity index (χ4v) is 0.692. The number of carbonyl (C=O) groups is 2. The summed E-state index contributed by atoms with van der Waals surface area (Å²) in [4.78, 5) is 21.4. The molecule has 14 heavy (non-hydrogen) atoms. The summed E-state index contributed by atoms with van der Waals surface area (Å²) in [6, 6.07) is -1.37. The molecule has 0 aliphatic carbocycles. The van der Waals surface area contributed by atoms with Crippen LogP contribution in [0.4, 0.5) is 4.79 Å². The minimum atomic E-state index is -1.37. The van der Waals surface area contributed by atoms with Crippen LogP contribution in [-0.2, 0) is 9.53 Å². The van der Waals surface area contributed by atoms with E-state index in [1.165, 1.54) is 13.0 Å².